The van der Waals surface area contributed by atoms with Crippen molar-refractivity contribution >= 4 is 0 Å². The molecular weight excluding hydrogens is 214 g/mol. The van der Waals surface area contributed by atoms with E-state index in [2.05, 4.69) is 18.0 Å². The van der Waals surface area contributed by atoms with Crippen LogP contribution in [0.25, 0.3) is 0 Å². The fraction of sp³-hybridized carbons (Fsp3) is 0.571. The van der Waals surface area contributed by atoms with Crippen LogP contribution in [0.15, 0.2) is 24.3 Å². The maximum atomic E-state index is 10.0. The lowest BCUT2D eigenvalue weighted by Crippen LogP contribution is -2.42. The zero-order chi connectivity index (χ0) is 12.3. The number of rotatable bonds is 3. The summed E-state index contributed by atoms with van der Waals surface area (Å²) in [4.78, 5) is 2.28. The lowest BCUT2D eigenvalue weighted by molar-refractivity contribution is 0.0364. The summed E-state index contributed by atoms with van der Waals surface area (Å²) in [6.07, 6.45) is 1.57. The number of para-hydroxylation sites is 1. The van der Waals surface area contributed by atoms with Gasteiger partial charge in [-0.05, 0) is 31.5 Å². The lowest BCUT2D eigenvalue weighted by Gasteiger charge is -2.34. The Hall–Kier alpha value is -1.06. The molecule has 0 aromatic heterocycles. The first-order valence-corrected chi connectivity index (χ1v) is 6.19. The van der Waals surface area contributed by atoms with Gasteiger partial charge in [-0.1, -0.05) is 18.2 Å². The molecule has 2 rings (SSSR count). The van der Waals surface area contributed by atoms with Crippen molar-refractivity contribution in [2.75, 3.05) is 27.2 Å². The summed E-state index contributed by atoms with van der Waals surface area (Å²) in [5.74, 6) is 1.23. The van der Waals surface area contributed by atoms with Crippen molar-refractivity contribution in [2.45, 2.75) is 18.9 Å². The highest BCUT2D eigenvalue weighted by molar-refractivity contribution is 5.33. The van der Waals surface area contributed by atoms with Gasteiger partial charge in [0.05, 0.1) is 13.2 Å². The fourth-order valence-corrected chi connectivity index (χ4v) is 2.56. The highest BCUT2D eigenvalue weighted by atomic mass is 16.5. The molecule has 0 amide bonds. The minimum absolute atomic E-state index is 0.184. The molecule has 17 heavy (non-hydrogen) atoms. The molecular formula is C14H21NO2. The van der Waals surface area contributed by atoms with Crippen molar-refractivity contribution in [3.05, 3.63) is 29.8 Å². The number of piperidine rings is 1. The van der Waals surface area contributed by atoms with E-state index in [1.165, 1.54) is 5.56 Å². The normalized spacial score (nSPS) is 25.8. The Kier molecular flexibility index (Phi) is 4.02. The summed E-state index contributed by atoms with van der Waals surface area (Å²) in [6.45, 7) is 1.95. The van der Waals surface area contributed by atoms with E-state index in [0.717, 1.165) is 31.7 Å². The van der Waals surface area contributed by atoms with Gasteiger partial charge in [0.25, 0.3) is 0 Å². The first-order chi connectivity index (χ1) is 8.20. The number of aliphatic hydroxyl groups excluding tert-OH is 1. The molecule has 2 atom stereocenters. The Bertz CT molecular complexity index is 367. The molecule has 1 saturated heterocycles. The predicted octanol–water partition coefficient (Wildman–Crippen LogP) is 1.55. The second kappa shape index (κ2) is 5.52. The summed E-state index contributed by atoms with van der Waals surface area (Å²) in [6, 6.07) is 8.07. The Labute approximate surface area is 103 Å². The van der Waals surface area contributed by atoms with E-state index in [1.807, 2.05) is 18.2 Å². The van der Waals surface area contributed by atoms with Crippen LogP contribution in [0.2, 0.25) is 0 Å². The van der Waals surface area contributed by atoms with Crippen LogP contribution in [0, 0.1) is 5.92 Å². The van der Waals surface area contributed by atoms with E-state index < -0.39 is 0 Å². The third-order valence-corrected chi connectivity index (χ3v) is 3.57. The van der Waals surface area contributed by atoms with Crippen LogP contribution < -0.4 is 4.74 Å². The summed E-state index contributed by atoms with van der Waals surface area (Å²) < 4.78 is 5.35. The molecule has 1 fully saturated rings. The smallest absolute Gasteiger partial charge is 0.122 e. The highest BCUT2D eigenvalue weighted by Crippen LogP contribution is 2.25. The molecule has 1 N–H and O–H groups in total. The van der Waals surface area contributed by atoms with Crippen molar-refractivity contribution in [2.24, 2.45) is 5.92 Å². The number of methoxy groups -OCH3 is 1. The van der Waals surface area contributed by atoms with E-state index >= 15 is 0 Å². The van der Waals surface area contributed by atoms with Crippen LogP contribution in [0.5, 0.6) is 5.75 Å². The topological polar surface area (TPSA) is 32.7 Å². The van der Waals surface area contributed by atoms with Crippen molar-refractivity contribution < 1.29 is 9.84 Å². The molecule has 3 nitrogen and oxygen atoms in total. The van der Waals surface area contributed by atoms with E-state index in [4.69, 9.17) is 4.74 Å². The summed E-state index contributed by atoms with van der Waals surface area (Å²) >= 11 is 0. The minimum atomic E-state index is -0.184. The van der Waals surface area contributed by atoms with Crippen molar-refractivity contribution in [3.8, 4) is 5.75 Å². The van der Waals surface area contributed by atoms with Gasteiger partial charge in [-0.15, -0.1) is 0 Å². The first-order valence-electron chi connectivity index (χ1n) is 6.19. The molecule has 0 bridgehead atoms. The van der Waals surface area contributed by atoms with Gasteiger partial charge in [0.15, 0.2) is 0 Å². The number of likely N-dealkylation sites (tertiary alicyclic amines) is 1. The standard InChI is InChI=1S/C14H21NO2/c1-15-8-7-13(16)12(10-15)9-11-5-3-4-6-14(11)17-2/h3-6,12-13,16H,7-10H2,1-2H3. The number of aliphatic hydroxyl groups is 1. The lowest BCUT2D eigenvalue weighted by atomic mass is 9.88. The predicted molar refractivity (Wildman–Crippen MR) is 68.3 cm³/mol. The molecule has 0 spiro atoms. The molecule has 2 unspecified atom stereocenters. The summed E-state index contributed by atoms with van der Waals surface area (Å²) in [5.41, 5.74) is 1.19. The van der Waals surface area contributed by atoms with Crippen LogP contribution in [-0.2, 0) is 6.42 Å². The van der Waals surface area contributed by atoms with E-state index in [-0.39, 0.29) is 6.10 Å². The van der Waals surface area contributed by atoms with Crippen molar-refractivity contribution in [1.29, 1.82) is 0 Å². The van der Waals surface area contributed by atoms with Gasteiger partial charge in [0.2, 0.25) is 0 Å². The van der Waals surface area contributed by atoms with Gasteiger partial charge in [0, 0.05) is 19.0 Å². The monoisotopic (exact) mass is 235 g/mol. The number of hydrogen-bond donors (Lipinski definition) is 1. The molecule has 3 heteroatoms. The zero-order valence-electron chi connectivity index (χ0n) is 10.6. The highest BCUT2D eigenvalue weighted by Gasteiger charge is 2.26. The van der Waals surface area contributed by atoms with Crippen molar-refractivity contribution in [1.82, 2.24) is 4.90 Å². The van der Waals surface area contributed by atoms with Crippen LogP contribution in [-0.4, -0.2) is 43.4 Å². The van der Waals surface area contributed by atoms with Gasteiger partial charge in [0.1, 0.15) is 5.75 Å². The van der Waals surface area contributed by atoms with Gasteiger partial charge < -0.3 is 14.7 Å². The third kappa shape index (κ3) is 2.99. The molecule has 0 saturated carbocycles. The molecule has 0 radical (unpaired) electrons. The van der Waals surface area contributed by atoms with Crippen LogP contribution in [0.3, 0.4) is 0 Å². The maximum Gasteiger partial charge on any atom is 0.122 e. The number of ether oxygens (including phenoxy) is 1. The van der Waals surface area contributed by atoms with Gasteiger partial charge in [-0.25, -0.2) is 0 Å². The Balaban J connectivity index is 2.08. The average molecular weight is 235 g/mol. The largest absolute Gasteiger partial charge is 0.496 e. The molecule has 1 heterocycles. The van der Waals surface area contributed by atoms with Crippen LogP contribution in [0.4, 0.5) is 0 Å². The number of nitrogens with zero attached hydrogens (tertiary/aromatic N) is 1. The number of hydrogen-bond acceptors (Lipinski definition) is 3. The van der Waals surface area contributed by atoms with Crippen LogP contribution >= 0.6 is 0 Å². The van der Waals surface area contributed by atoms with Crippen molar-refractivity contribution in [3.63, 3.8) is 0 Å². The molecule has 94 valence electrons. The minimum Gasteiger partial charge on any atom is -0.496 e. The molecule has 1 aliphatic heterocycles. The summed E-state index contributed by atoms with van der Waals surface area (Å²) in [5, 5.41) is 10.0. The van der Waals surface area contributed by atoms with Gasteiger partial charge in [-0.2, -0.15) is 0 Å². The Morgan fingerprint density at radius 1 is 1.41 bits per heavy atom. The molecule has 1 aromatic carbocycles. The molecule has 0 aliphatic carbocycles. The van der Waals surface area contributed by atoms with Crippen LogP contribution in [0.1, 0.15) is 12.0 Å². The third-order valence-electron chi connectivity index (χ3n) is 3.57. The van der Waals surface area contributed by atoms with Gasteiger partial charge >= 0.3 is 0 Å². The van der Waals surface area contributed by atoms with E-state index in [0.29, 0.717) is 5.92 Å². The Morgan fingerprint density at radius 3 is 2.94 bits per heavy atom. The Morgan fingerprint density at radius 2 is 2.18 bits per heavy atom. The zero-order valence-corrected chi connectivity index (χ0v) is 10.6. The van der Waals surface area contributed by atoms with Gasteiger partial charge in [-0.3, -0.25) is 0 Å². The maximum absolute atomic E-state index is 10.0. The second-order valence-electron chi connectivity index (χ2n) is 4.89. The molecule has 1 aromatic rings. The molecule has 1 aliphatic rings. The quantitative estimate of drug-likeness (QED) is 0.863. The SMILES string of the molecule is COc1ccccc1CC1CN(C)CCC1O. The van der Waals surface area contributed by atoms with E-state index in [9.17, 15) is 5.11 Å². The fourth-order valence-electron chi connectivity index (χ4n) is 2.56. The second-order valence-corrected chi connectivity index (χ2v) is 4.89. The average Bonchev–Trinajstić information content (AvgIpc) is 2.34. The number of benzene rings is 1. The first kappa shape index (κ1) is 12.4. The van der Waals surface area contributed by atoms with E-state index in [1.54, 1.807) is 7.11 Å². The summed E-state index contributed by atoms with van der Waals surface area (Å²) in [7, 11) is 3.81.